The van der Waals surface area contributed by atoms with Gasteiger partial charge in [-0.3, -0.25) is 4.79 Å². The van der Waals surface area contributed by atoms with Crippen LogP contribution < -0.4 is 10.1 Å². The minimum Gasteiger partial charge on any atom is -0.507 e. The fourth-order valence-electron chi connectivity index (χ4n) is 2.51. The molecule has 0 spiro atoms. The predicted octanol–water partition coefficient (Wildman–Crippen LogP) is 1.68. The molecule has 1 saturated carbocycles. The van der Waals surface area contributed by atoms with Gasteiger partial charge in [-0.25, -0.2) is 0 Å². The molecule has 1 aromatic carbocycles. The summed E-state index contributed by atoms with van der Waals surface area (Å²) < 4.78 is 4.98. The SMILES string of the molecule is COc1ccc(C(=O)NCC2CCC(O)CC2)c(O)c1. The van der Waals surface area contributed by atoms with E-state index >= 15 is 0 Å². The average Bonchev–Trinajstić information content (AvgIpc) is 2.46. The van der Waals surface area contributed by atoms with E-state index < -0.39 is 0 Å². The second kappa shape index (κ2) is 6.61. The van der Waals surface area contributed by atoms with Crippen molar-refractivity contribution in [3.8, 4) is 11.5 Å². The summed E-state index contributed by atoms with van der Waals surface area (Å²) in [7, 11) is 1.51. The zero-order valence-corrected chi connectivity index (χ0v) is 11.6. The summed E-state index contributed by atoms with van der Waals surface area (Å²) in [6, 6.07) is 4.62. The van der Waals surface area contributed by atoms with E-state index in [0.717, 1.165) is 25.7 Å². The summed E-state index contributed by atoms with van der Waals surface area (Å²) in [5.41, 5.74) is 0.252. The van der Waals surface area contributed by atoms with Crippen molar-refractivity contribution >= 4 is 5.91 Å². The van der Waals surface area contributed by atoms with Gasteiger partial charge in [0.15, 0.2) is 0 Å². The van der Waals surface area contributed by atoms with Crippen LogP contribution in [0, 0.1) is 5.92 Å². The molecule has 0 atom stereocenters. The van der Waals surface area contributed by atoms with Crippen molar-refractivity contribution in [3.05, 3.63) is 23.8 Å². The van der Waals surface area contributed by atoms with Crippen LogP contribution in [0.1, 0.15) is 36.0 Å². The van der Waals surface area contributed by atoms with Crippen LogP contribution in [-0.4, -0.2) is 35.9 Å². The largest absolute Gasteiger partial charge is 0.507 e. The Morgan fingerprint density at radius 3 is 2.65 bits per heavy atom. The summed E-state index contributed by atoms with van der Waals surface area (Å²) >= 11 is 0. The van der Waals surface area contributed by atoms with E-state index in [-0.39, 0.29) is 23.3 Å². The molecular weight excluding hydrogens is 258 g/mol. The number of carbonyl (C=O) groups is 1. The van der Waals surface area contributed by atoms with Crippen LogP contribution in [0.15, 0.2) is 18.2 Å². The lowest BCUT2D eigenvalue weighted by Crippen LogP contribution is -2.32. The monoisotopic (exact) mass is 279 g/mol. The fourth-order valence-corrected chi connectivity index (χ4v) is 2.51. The number of ether oxygens (including phenoxy) is 1. The summed E-state index contributed by atoms with van der Waals surface area (Å²) in [4.78, 5) is 12.0. The number of nitrogens with one attached hydrogen (secondary N) is 1. The second-order valence-electron chi connectivity index (χ2n) is 5.27. The topological polar surface area (TPSA) is 78.8 Å². The Balaban J connectivity index is 1.88. The van der Waals surface area contributed by atoms with Crippen molar-refractivity contribution in [2.75, 3.05) is 13.7 Å². The summed E-state index contributed by atoms with van der Waals surface area (Å²) in [5.74, 6) is 0.556. The maximum atomic E-state index is 12.0. The van der Waals surface area contributed by atoms with Gasteiger partial charge in [0.05, 0.1) is 18.8 Å². The van der Waals surface area contributed by atoms with Crippen LogP contribution in [0.4, 0.5) is 0 Å². The Morgan fingerprint density at radius 1 is 1.35 bits per heavy atom. The number of rotatable bonds is 4. The molecular formula is C15H21NO4. The molecule has 0 unspecified atom stereocenters. The molecule has 0 radical (unpaired) electrons. The van der Waals surface area contributed by atoms with Crippen molar-refractivity contribution in [3.63, 3.8) is 0 Å². The molecule has 3 N–H and O–H groups in total. The second-order valence-corrected chi connectivity index (χ2v) is 5.27. The van der Waals surface area contributed by atoms with Gasteiger partial charge in [-0.15, -0.1) is 0 Å². The molecule has 1 aliphatic carbocycles. The third-order valence-electron chi connectivity index (χ3n) is 3.82. The highest BCUT2D eigenvalue weighted by Gasteiger charge is 2.20. The number of aliphatic hydroxyl groups is 1. The van der Waals surface area contributed by atoms with Gasteiger partial charge in [0.1, 0.15) is 11.5 Å². The van der Waals surface area contributed by atoms with Crippen LogP contribution in [0.25, 0.3) is 0 Å². The van der Waals surface area contributed by atoms with Crippen LogP contribution in [-0.2, 0) is 0 Å². The first kappa shape index (κ1) is 14.7. The Bertz CT molecular complexity index is 467. The molecule has 0 aromatic heterocycles. The molecule has 2 rings (SSSR count). The molecule has 0 aliphatic heterocycles. The normalized spacial score (nSPS) is 22.3. The lowest BCUT2D eigenvalue weighted by atomic mass is 9.87. The first-order chi connectivity index (χ1) is 9.60. The van der Waals surface area contributed by atoms with Crippen molar-refractivity contribution < 1.29 is 19.7 Å². The number of hydrogen-bond donors (Lipinski definition) is 3. The number of aliphatic hydroxyl groups excluding tert-OH is 1. The molecule has 110 valence electrons. The molecule has 1 aliphatic rings. The first-order valence-electron chi connectivity index (χ1n) is 6.93. The standard InChI is InChI=1S/C15H21NO4/c1-20-12-6-7-13(14(18)8-12)15(19)16-9-10-2-4-11(17)5-3-10/h6-8,10-11,17-18H,2-5,9H2,1H3,(H,16,19). The maximum Gasteiger partial charge on any atom is 0.255 e. The molecule has 0 heterocycles. The van der Waals surface area contributed by atoms with E-state index in [0.29, 0.717) is 18.2 Å². The number of aromatic hydroxyl groups is 1. The molecule has 5 heteroatoms. The summed E-state index contributed by atoms with van der Waals surface area (Å²) in [6.07, 6.45) is 3.27. The van der Waals surface area contributed by atoms with Gasteiger partial charge in [0.2, 0.25) is 0 Å². The third-order valence-corrected chi connectivity index (χ3v) is 3.82. The number of phenolic OH excluding ortho intramolecular Hbond substituents is 1. The van der Waals surface area contributed by atoms with Gasteiger partial charge in [-0.05, 0) is 43.7 Å². The van der Waals surface area contributed by atoms with Gasteiger partial charge in [-0.1, -0.05) is 0 Å². The molecule has 1 amide bonds. The number of amides is 1. The van der Waals surface area contributed by atoms with Crippen LogP contribution >= 0.6 is 0 Å². The van der Waals surface area contributed by atoms with Gasteiger partial charge >= 0.3 is 0 Å². The average molecular weight is 279 g/mol. The zero-order chi connectivity index (χ0) is 14.5. The lowest BCUT2D eigenvalue weighted by Gasteiger charge is -2.25. The van der Waals surface area contributed by atoms with Crippen molar-refractivity contribution in [2.24, 2.45) is 5.92 Å². The quantitative estimate of drug-likeness (QED) is 0.783. The molecule has 1 aromatic rings. The number of carbonyl (C=O) groups excluding carboxylic acids is 1. The van der Waals surface area contributed by atoms with Gasteiger partial charge in [0.25, 0.3) is 5.91 Å². The van der Waals surface area contributed by atoms with Gasteiger partial charge in [0, 0.05) is 12.6 Å². The first-order valence-corrected chi connectivity index (χ1v) is 6.93. The molecule has 1 fully saturated rings. The van der Waals surface area contributed by atoms with E-state index in [4.69, 9.17) is 4.74 Å². The van der Waals surface area contributed by atoms with E-state index in [9.17, 15) is 15.0 Å². The van der Waals surface area contributed by atoms with Crippen LogP contribution in [0.5, 0.6) is 11.5 Å². The molecule has 5 nitrogen and oxygen atoms in total. The fraction of sp³-hybridized carbons (Fsp3) is 0.533. The number of methoxy groups -OCH3 is 1. The van der Waals surface area contributed by atoms with Gasteiger partial charge in [-0.2, -0.15) is 0 Å². The van der Waals surface area contributed by atoms with Crippen molar-refractivity contribution in [2.45, 2.75) is 31.8 Å². The van der Waals surface area contributed by atoms with E-state index in [2.05, 4.69) is 5.32 Å². The molecule has 20 heavy (non-hydrogen) atoms. The summed E-state index contributed by atoms with van der Waals surface area (Å²) in [5, 5.41) is 22.1. The minimum atomic E-state index is -0.281. The summed E-state index contributed by atoms with van der Waals surface area (Å²) in [6.45, 7) is 0.580. The highest BCUT2D eigenvalue weighted by molar-refractivity contribution is 5.96. The van der Waals surface area contributed by atoms with Crippen LogP contribution in [0.3, 0.4) is 0 Å². The van der Waals surface area contributed by atoms with Crippen molar-refractivity contribution in [1.82, 2.24) is 5.32 Å². The minimum absolute atomic E-state index is 0.0825. The Labute approximate surface area is 118 Å². The van der Waals surface area contributed by atoms with Crippen LogP contribution in [0.2, 0.25) is 0 Å². The number of hydrogen-bond acceptors (Lipinski definition) is 4. The van der Waals surface area contributed by atoms with E-state index in [1.54, 1.807) is 12.1 Å². The Morgan fingerprint density at radius 2 is 2.05 bits per heavy atom. The maximum absolute atomic E-state index is 12.0. The Hall–Kier alpha value is -1.75. The lowest BCUT2D eigenvalue weighted by molar-refractivity contribution is 0.0908. The number of benzene rings is 1. The zero-order valence-electron chi connectivity index (χ0n) is 11.6. The van der Waals surface area contributed by atoms with Crippen molar-refractivity contribution in [1.29, 1.82) is 0 Å². The third kappa shape index (κ3) is 3.63. The number of phenols is 1. The Kier molecular flexibility index (Phi) is 4.84. The highest BCUT2D eigenvalue weighted by atomic mass is 16.5. The van der Waals surface area contributed by atoms with E-state index in [1.165, 1.54) is 13.2 Å². The smallest absolute Gasteiger partial charge is 0.255 e. The van der Waals surface area contributed by atoms with E-state index in [1.807, 2.05) is 0 Å². The van der Waals surface area contributed by atoms with Gasteiger partial charge < -0.3 is 20.3 Å². The molecule has 0 saturated heterocycles. The molecule has 0 bridgehead atoms. The predicted molar refractivity (Wildman–Crippen MR) is 75.0 cm³/mol. The highest BCUT2D eigenvalue weighted by Crippen LogP contribution is 2.25.